The number of hydrogen-bond acceptors (Lipinski definition) is 2. The monoisotopic (exact) mass is 166 g/mol. The van der Waals surface area contributed by atoms with Gasteiger partial charge in [0.25, 0.3) is 0 Å². The average molecular weight is 166 g/mol. The van der Waals surface area contributed by atoms with Crippen molar-refractivity contribution >= 4 is 5.91 Å². The molecule has 0 atom stereocenters. The van der Waals surface area contributed by atoms with Crippen LogP contribution in [0.1, 0.15) is 12.7 Å². The zero-order chi connectivity index (χ0) is 8.97. The van der Waals surface area contributed by atoms with Gasteiger partial charge in [-0.1, -0.05) is 0 Å². The number of nitrogens with one attached hydrogen (secondary N) is 1. The molecule has 1 amide bonds. The third-order valence-electron chi connectivity index (χ3n) is 1.54. The molecule has 0 bridgehead atoms. The number of imidazole rings is 1. The van der Waals surface area contributed by atoms with Crippen molar-refractivity contribution in [1.82, 2.24) is 14.9 Å². The number of nitrogens with zero attached hydrogens (tertiary/aromatic N) is 2. The summed E-state index contributed by atoms with van der Waals surface area (Å²) in [5.74, 6) is 0.813. The Morgan fingerprint density at radius 2 is 2.58 bits per heavy atom. The largest absolute Gasteiger partial charge is 0.355 e. The van der Waals surface area contributed by atoms with Gasteiger partial charge in [0.2, 0.25) is 5.91 Å². The molecule has 0 aromatic carbocycles. The Morgan fingerprint density at radius 3 is 3.08 bits per heavy atom. The molecule has 4 heteroatoms. The Balaban J connectivity index is 2.52. The van der Waals surface area contributed by atoms with Crippen molar-refractivity contribution in [3.05, 3.63) is 18.2 Å². The van der Waals surface area contributed by atoms with Crippen LogP contribution in [0.2, 0.25) is 0 Å². The Morgan fingerprint density at radius 1 is 1.83 bits per heavy atom. The van der Waals surface area contributed by atoms with E-state index in [9.17, 15) is 4.79 Å². The van der Waals surface area contributed by atoms with E-state index in [2.05, 4.69) is 16.5 Å². The normalized spacial score (nSPS) is 9.83. The van der Waals surface area contributed by atoms with Gasteiger partial charge in [0.15, 0.2) is 0 Å². The van der Waals surface area contributed by atoms with Gasteiger partial charge in [-0.05, 0) is 13.8 Å². The van der Waals surface area contributed by atoms with Crippen LogP contribution in [0.25, 0.3) is 0 Å². The molecule has 0 spiro atoms. The van der Waals surface area contributed by atoms with E-state index in [1.54, 1.807) is 10.8 Å². The Bertz CT molecular complexity index is 267. The molecule has 1 rings (SSSR count). The molecule has 0 aliphatic rings. The third-order valence-corrected chi connectivity index (χ3v) is 1.54. The first-order valence-corrected chi connectivity index (χ1v) is 3.90. The van der Waals surface area contributed by atoms with E-state index in [0.717, 1.165) is 5.82 Å². The first-order chi connectivity index (χ1) is 5.74. The zero-order valence-electron chi connectivity index (χ0n) is 7.29. The van der Waals surface area contributed by atoms with Crippen molar-refractivity contribution in [2.75, 3.05) is 6.54 Å². The molecule has 0 saturated heterocycles. The van der Waals surface area contributed by atoms with E-state index in [-0.39, 0.29) is 5.91 Å². The molecule has 1 radical (unpaired) electrons. The Kier molecular flexibility index (Phi) is 2.85. The van der Waals surface area contributed by atoms with Crippen molar-refractivity contribution in [1.29, 1.82) is 0 Å². The van der Waals surface area contributed by atoms with Gasteiger partial charge in [-0.15, -0.1) is 0 Å². The predicted octanol–water partition coefficient (Wildman–Crippen LogP) is 0.128. The van der Waals surface area contributed by atoms with Crippen LogP contribution in [0.5, 0.6) is 0 Å². The first kappa shape index (κ1) is 8.77. The topological polar surface area (TPSA) is 46.9 Å². The maximum atomic E-state index is 11.1. The highest BCUT2D eigenvalue weighted by atomic mass is 16.1. The standard InChI is InChI=1S/C8H12N3O/c1-3-9-8(12)6-11-5-4-10-7(11)2/h5H,3,6H2,1-2H3,(H,9,12). The molecule has 1 N–H and O–H groups in total. The molecule has 1 aromatic heterocycles. The van der Waals surface area contributed by atoms with E-state index in [1.807, 2.05) is 13.8 Å². The molecule has 0 saturated carbocycles. The minimum atomic E-state index is 0.00648. The lowest BCUT2D eigenvalue weighted by Gasteiger charge is -2.03. The number of carbonyl (C=O) groups excluding carboxylic acids is 1. The second kappa shape index (κ2) is 3.90. The van der Waals surface area contributed by atoms with Crippen LogP contribution >= 0.6 is 0 Å². The van der Waals surface area contributed by atoms with Crippen molar-refractivity contribution in [3.8, 4) is 0 Å². The molecule has 0 aliphatic heterocycles. The lowest BCUT2D eigenvalue weighted by Crippen LogP contribution is -2.27. The van der Waals surface area contributed by atoms with Crippen molar-refractivity contribution in [2.24, 2.45) is 0 Å². The van der Waals surface area contributed by atoms with Crippen LogP contribution in [0.4, 0.5) is 0 Å². The summed E-state index contributed by atoms with van der Waals surface area (Å²) in [6.45, 7) is 4.73. The molecule has 65 valence electrons. The van der Waals surface area contributed by atoms with Gasteiger partial charge in [0.05, 0.1) is 0 Å². The molecule has 0 aliphatic carbocycles. The summed E-state index contributed by atoms with van der Waals surface area (Å²) in [5.41, 5.74) is 0. The maximum absolute atomic E-state index is 11.1. The van der Waals surface area contributed by atoms with Gasteiger partial charge in [0, 0.05) is 12.7 Å². The highest BCUT2D eigenvalue weighted by Gasteiger charge is 2.02. The predicted molar refractivity (Wildman–Crippen MR) is 44.5 cm³/mol. The van der Waals surface area contributed by atoms with Crippen molar-refractivity contribution in [2.45, 2.75) is 20.4 Å². The second-order valence-corrected chi connectivity index (χ2v) is 2.50. The van der Waals surface area contributed by atoms with Gasteiger partial charge in [-0.3, -0.25) is 4.79 Å². The highest BCUT2D eigenvalue weighted by molar-refractivity contribution is 5.75. The zero-order valence-corrected chi connectivity index (χ0v) is 7.29. The van der Waals surface area contributed by atoms with Gasteiger partial charge < -0.3 is 9.88 Å². The Hall–Kier alpha value is -1.32. The van der Waals surface area contributed by atoms with Gasteiger partial charge in [-0.25, -0.2) is 4.98 Å². The lowest BCUT2D eigenvalue weighted by molar-refractivity contribution is -0.121. The van der Waals surface area contributed by atoms with Crippen molar-refractivity contribution in [3.63, 3.8) is 0 Å². The molecule has 4 nitrogen and oxygen atoms in total. The Labute approximate surface area is 71.6 Å². The van der Waals surface area contributed by atoms with E-state index >= 15 is 0 Å². The second-order valence-electron chi connectivity index (χ2n) is 2.50. The van der Waals surface area contributed by atoms with E-state index < -0.39 is 0 Å². The summed E-state index contributed by atoms with van der Waals surface area (Å²) >= 11 is 0. The smallest absolute Gasteiger partial charge is 0.239 e. The third kappa shape index (κ3) is 2.08. The summed E-state index contributed by atoms with van der Waals surface area (Å²) in [6.07, 6.45) is 4.35. The van der Waals surface area contributed by atoms with E-state index in [4.69, 9.17) is 0 Å². The molecule has 1 aromatic rings. The highest BCUT2D eigenvalue weighted by Crippen LogP contribution is 1.93. The van der Waals surface area contributed by atoms with Crippen LogP contribution in [0, 0.1) is 13.1 Å². The van der Waals surface area contributed by atoms with Crippen LogP contribution in [0.15, 0.2) is 6.20 Å². The van der Waals surface area contributed by atoms with Gasteiger partial charge in [-0.2, -0.15) is 0 Å². The fraction of sp³-hybridized carbons (Fsp3) is 0.500. The van der Waals surface area contributed by atoms with Crippen LogP contribution in [-0.2, 0) is 11.3 Å². The number of amides is 1. The number of aromatic nitrogens is 2. The van der Waals surface area contributed by atoms with Crippen LogP contribution < -0.4 is 5.32 Å². The summed E-state index contributed by atoms with van der Waals surface area (Å²) < 4.78 is 1.75. The minimum absolute atomic E-state index is 0.00648. The SMILES string of the molecule is CCNC(=O)Cn1c[c]nc1C. The number of likely N-dealkylation sites (N-methyl/N-ethyl adjacent to an activating group) is 1. The lowest BCUT2D eigenvalue weighted by atomic mass is 10.5. The van der Waals surface area contributed by atoms with E-state index in [1.165, 1.54) is 0 Å². The fourth-order valence-corrected chi connectivity index (χ4v) is 0.917. The van der Waals surface area contributed by atoms with Crippen LogP contribution in [0.3, 0.4) is 0 Å². The molecular formula is C8H12N3O. The summed E-state index contributed by atoms with van der Waals surface area (Å²) in [5, 5.41) is 2.71. The molecule has 0 unspecified atom stereocenters. The summed E-state index contributed by atoms with van der Waals surface area (Å²) in [6, 6.07) is 0. The number of hydrogen-bond donors (Lipinski definition) is 1. The van der Waals surface area contributed by atoms with Crippen molar-refractivity contribution < 1.29 is 4.79 Å². The molecule has 0 fully saturated rings. The van der Waals surface area contributed by atoms with Gasteiger partial charge in [0.1, 0.15) is 18.6 Å². The molecular weight excluding hydrogens is 154 g/mol. The van der Waals surface area contributed by atoms with E-state index in [0.29, 0.717) is 13.1 Å². The maximum Gasteiger partial charge on any atom is 0.239 e. The van der Waals surface area contributed by atoms with Crippen LogP contribution in [-0.4, -0.2) is 22.0 Å². The quantitative estimate of drug-likeness (QED) is 0.693. The fourth-order valence-electron chi connectivity index (χ4n) is 0.917. The number of rotatable bonds is 3. The number of carbonyl (C=O) groups is 1. The summed E-state index contributed by atoms with van der Waals surface area (Å²) in [7, 11) is 0. The molecule has 1 heterocycles. The van der Waals surface area contributed by atoms with Gasteiger partial charge >= 0.3 is 0 Å². The first-order valence-electron chi connectivity index (χ1n) is 3.90. The summed E-state index contributed by atoms with van der Waals surface area (Å²) in [4.78, 5) is 15.0. The minimum Gasteiger partial charge on any atom is -0.355 e. The molecule has 12 heavy (non-hydrogen) atoms. The average Bonchev–Trinajstić information content (AvgIpc) is 2.37. The number of aryl methyl sites for hydroxylation is 1.